The first-order valence-electron chi connectivity index (χ1n) is 16.9. The molecule has 0 aliphatic carbocycles. The third kappa shape index (κ3) is 6.95. The number of ether oxygens (including phenoxy) is 3. The number of nitrogens with zero attached hydrogens (tertiary/aromatic N) is 2. The molecule has 3 aromatic carbocycles. The highest BCUT2D eigenvalue weighted by Crippen LogP contribution is 2.43. The van der Waals surface area contributed by atoms with Crippen molar-refractivity contribution in [2.24, 2.45) is 13.0 Å². The van der Waals surface area contributed by atoms with Gasteiger partial charge in [0.05, 0.1) is 35.6 Å². The van der Waals surface area contributed by atoms with Gasteiger partial charge < -0.3 is 24.3 Å². The molecule has 6 rings (SSSR count). The van der Waals surface area contributed by atoms with Gasteiger partial charge in [-0.1, -0.05) is 36.7 Å². The highest BCUT2D eigenvalue weighted by molar-refractivity contribution is 6.35. The Labute approximate surface area is 285 Å². The maximum atomic E-state index is 13.8. The monoisotopic (exact) mass is 675 g/mol. The Hall–Kier alpha value is -3.92. The van der Waals surface area contributed by atoms with Crippen molar-refractivity contribution in [3.63, 3.8) is 0 Å². The molecule has 8 nitrogen and oxygen atoms in total. The lowest BCUT2D eigenvalue weighted by Crippen LogP contribution is -2.16. The number of hydrogen-bond donors (Lipinski definition) is 2. The topological polar surface area (TPSA) is 98.6 Å². The second kappa shape index (κ2) is 15.1. The van der Waals surface area contributed by atoms with Crippen LogP contribution in [0.25, 0.3) is 32.8 Å². The number of aliphatic hydroxyl groups is 1. The van der Waals surface area contributed by atoms with Gasteiger partial charge in [-0.05, 0) is 99.1 Å². The Morgan fingerprint density at radius 2 is 1.94 bits per heavy atom. The smallest absolute Gasteiger partial charge is 0.355 e. The standard InChI is InChI=1S/C38H43ClFN3O5/c1-4-30-34(37(42-43(30)3)31(44)16-11-23-17-20-46-21-18-23)33-29(39)15-14-28-27(36(41-35(28)33)38(45)47-5-2)9-7-19-48-32-10-6-8-24-22-25(40)12-13-26(24)32/h6,8,10,12-15,22-23,31,41,44H,4-5,7,9,11,16-21H2,1-3H3/t31-/m1/s1. The molecule has 2 N–H and O–H groups in total. The van der Waals surface area contributed by atoms with Crippen LogP contribution in [0.2, 0.25) is 5.02 Å². The van der Waals surface area contributed by atoms with Crippen molar-refractivity contribution < 1.29 is 28.5 Å². The summed E-state index contributed by atoms with van der Waals surface area (Å²) in [6.45, 7) is 5.99. The van der Waals surface area contributed by atoms with Crippen LogP contribution in [0.4, 0.5) is 4.39 Å². The van der Waals surface area contributed by atoms with Gasteiger partial charge >= 0.3 is 5.97 Å². The van der Waals surface area contributed by atoms with Crippen LogP contribution in [0.5, 0.6) is 5.75 Å². The van der Waals surface area contributed by atoms with Gasteiger partial charge in [0.1, 0.15) is 17.3 Å². The van der Waals surface area contributed by atoms with E-state index in [4.69, 9.17) is 30.9 Å². The molecule has 0 bridgehead atoms. The Balaban J connectivity index is 1.33. The molecular formula is C38H43ClFN3O5. The van der Waals surface area contributed by atoms with Gasteiger partial charge in [0.15, 0.2) is 0 Å². The molecule has 1 atom stereocenters. The summed E-state index contributed by atoms with van der Waals surface area (Å²) in [5, 5.41) is 19.3. The number of aliphatic hydroxyl groups excluding tert-OH is 1. The van der Waals surface area contributed by atoms with E-state index < -0.39 is 12.1 Å². The van der Waals surface area contributed by atoms with Gasteiger partial charge in [-0.2, -0.15) is 5.10 Å². The summed E-state index contributed by atoms with van der Waals surface area (Å²) in [6.07, 6.45) is 4.51. The average Bonchev–Trinajstić information content (AvgIpc) is 3.62. The molecule has 1 fully saturated rings. The number of aromatic amines is 1. The van der Waals surface area contributed by atoms with Crippen LogP contribution in [0.3, 0.4) is 0 Å². The Morgan fingerprint density at radius 3 is 2.71 bits per heavy atom. The van der Waals surface area contributed by atoms with Gasteiger partial charge in [-0.3, -0.25) is 4.68 Å². The zero-order chi connectivity index (χ0) is 33.8. The quantitative estimate of drug-likeness (QED) is 0.0959. The van der Waals surface area contributed by atoms with E-state index in [1.165, 1.54) is 12.1 Å². The predicted molar refractivity (Wildman–Crippen MR) is 186 cm³/mol. The van der Waals surface area contributed by atoms with E-state index in [9.17, 15) is 14.3 Å². The Kier molecular flexibility index (Phi) is 10.7. The number of H-pyrrole nitrogens is 1. The predicted octanol–water partition coefficient (Wildman–Crippen LogP) is 8.51. The summed E-state index contributed by atoms with van der Waals surface area (Å²) in [6, 6.07) is 14.0. The summed E-state index contributed by atoms with van der Waals surface area (Å²) in [5.74, 6) is 0.460. The van der Waals surface area contributed by atoms with Gasteiger partial charge in [0.25, 0.3) is 0 Å². The molecule has 10 heteroatoms. The number of hydrogen-bond acceptors (Lipinski definition) is 6. The van der Waals surface area contributed by atoms with Crippen LogP contribution in [-0.4, -0.2) is 52.3 Å². The molecule has 0 amide bonds. The molecule has 48 heavy (non-hydrogen) atoms. The number of aryl methyl sites for hydroxylation is 2. The Morgan fingerprint density at radius 1 is 1.15 bits per heavy atom. The highest BCUT2D eigenvalue weighted by Gasteiger charge is 2.29. The normalized spacial score (nSPS) is 14.5. The second-order valence-electron chi connectivity index (χ2n) is 12.5. The van der Waals surface area contributed by atoms with Crippen molar-refractivity contribution in [3.8, 4) is 16.9 Å². The first-order chi connectivity index (χ1) is 23.3. The number of benzene rings is 3. The molecule has 0 saturated carbocycles. The van der Waals surface area contributed by atoms with Crippen molar-refractivity contribution in [3.05, 3.63) is 82.0 Å². The van der Waals surface area contributed by atoms with E-state index in [0.29, 0.717) is 65.9 Å². The molecule has 0 unspecified atom stereocenters. The number of carbonyl (C=O) groups is 1. The third-order valence-corrected chi connectivity index (χ3v) is 9.74. The average molecular weight is 676 g/mol. The first kappa shape index (κ1) is 34.0. The lowest BCUT2D eigenvalue weighted by Gasteiger charge is -2.23. The fourth-order valence-corrected chi connectivity index (χ4v) is 7.27. The molecule has 1 aliphatic heterocycles. The van der Waals surface area contributed by atoms with E-state index in [1.54, 1.807) is 13.0 Å². The number of carbonyl (C=O) groups excluding carboxylic acids is 1. The van der Waals surface area contributed by atoms with E-state index >= 15 is 0 Å². The van der Waals surface area contributed by atoms with Crippen LogP contribution in [-0.2, 0) is 29.4 Å². The first-order valence-corrected chi connectivity index (χ1v) is 17.3. The fraction of sp³-hybridized carbons (Fsp3) is 0.421. The van der Waals surface area contributed by atoms with Crippen LogP contribution in [0.1, 0.15) is 79.5 Å². The van der Waals surface area contributed by atoms with E-state index in [1.807, 2.05) is 42.1 Å². The number of rotatable bonds is 13. The van der Waals surface area contributed by atoms with E-state index in [2.05, 4.69) is 11.9 Å². The molecule has 5 aromatic rings. The lowest BCUT2D eigenvalue weighted by molar-refractivity contribution is 0.0519. The Bertz CT molecular complexity index is 1910. The van der Waals surface area contributed by atoms with Gasteiger partial charge in [0, 0.05) is 47.9 Å². The van der Waals surface area contributed by atoms with Gasteiger partial charge in [0.2, 0.25) is 0 Å². The SMILES string of the molecule is CCOC(=O)c1[nH]c2c(-c3c([C@H](O)CCC4CCOCC4)nn(C)c3CC)c(Cl)ccc2c1CCCOc1cccc2cc(F)ccc12. The molecule has 0 radical (unpaired) electrons. The number of aromatic nitrogens is 3. The van der Waals surface area contributed by atoms with Crippen LogP contribution in [0.15, 0.2) is 48.5 Å². The fourth-order valence-electron chi connectivity index (χ4n) is 7.02. The minimum atomic E-state index is -0.776. The number of fused-ring (bicyclic) bond motifs is 2. The molecule has 2 aromatic heterocycles. The zero-order valence-electron chi connectivity index (χ0n) is 27.8. The summed E-state index contributed by atoms with van der Waals surface area (Å²) < 4.78 is 32.8. The highest BCUT2D eigenvalue weighted by atomic mass is 35.5. The molecule has 1 aliphatic rings. The second-order valence-corrected chi connectivity index (χ2v) is 12.9. The van der Waals surface area contributed by atoms with Crippen molar-refractivity contribution in [2.45, 2.75) is 64.9 Å². The lowest BCUT2D eigenvalue weighted by atomic mass is 9.90. The number of esters is 1. The van der Waals surface area contributed by atoms with Crippen LogP contribution >= 0.6 is 11.6 Å². The minimum Gasteiger partial charge on any atom is -0.493 e. The third-order valence-electron chi connectivity index (χ3n) is 9.42. The summed E-state index contributed by atoms with van der Waals surface area (Å²) in [7, 11) is 1.89. The zero-order valence-corrected chi connectivity index (χ0v) is 28.5. The molecule has 0 spiro atoms. The van der Waals surface area contributed by atoms with Crippen molar-refractivity contribution >= 4 is 39.2 Å². The van der Waals surface area contributed by atoms with E-state index in [0.717, 1.165) is 71.0 Å². The molecular weight excluding hydrogens is 633 g/mol. The van der Waals surface area contributed by atoms with Crippen molar-refractivity contribution in [1.82, 2.24) is 14.8 Å². The molecule has 1 saturated heterocycles. The summed E-state index contributed by atoms with van der Waals surface area (Å²) >= 11 is 6.99. The molecule has 254 valence electrons. The maximum absolute atomic E-state index is 13.8. The molecule has 3 heterocycles. The largest absolute Gasteiger partial charge is 0.493 e. The number of nitrogens with one attached hydrogen (secondary N) is 1. The van der Waals surface area contributed by atoms with Crippen molar-refractivity contribution in [1.29, 1.82) is 0 Å². The van der Waals surface area contributed by atoms with Gasteiger partial charge in [-0.15, -0.1) is 0 Å². The summed E-state index contributed by atoms with van der Waals surface area (Å²) in [5.41, 5.74) is 4.95. The number of halogens is 2. The summed E-state index contributed by atoms with van der Waals surface area (Å²) in [4.78, 5) is 16.7. The van der Waals surface area contributed by atoms with Crippen molar-refractivity contribution in [2.75, 3.05) is 26.4 Å². The van der Waals surface area contributed by atoms with Crippen LogP contribution < -0.4 is 4.74 Å². The van der Waals surface area contributed by atoms with Crippen LogP contribution in [0, 0.1) is 11.7 Å². The van der Waals surface area contributed by atoms with Gasteiger partial charge in [-0.25, -0.2) is 9.18 Å². The maximum Gasteiger partial charge on any atom is 0.355 e. The van der Waals surface area contributed by atoms with E-state index in [-0.39, 0.29) is 12.4 Å². The minimum absolute atomic E-state index is 0.234.